The van der Waals surface area contributed by atoms with Gasteiger partial charge in [0.05, 0.1) is 17.6 Å². The summed E-state index contributed by atoms with van der Waals surface area (Å²) in [5.41, 5.74) is 0.602. The van der Waals surface area contributed by atoms with E-state index < -0.39 is 10.8 Å². The number of ether oxygens (including phenoxy) is 1. The van der Waals surface area contributed by atoms with Crippen LogP contribution in [0.25, 0.3) is 0 Å². The van der Waals surface area contributed by atoms with Gasteiger partial charge in [0.2, 0.25) is 0 Å². The quantitative estimate of drug-likeness (QED) is 0.779. The molecule has 2 unspecified atom stereocenters. The van der Waals surface area contributed by atoms with Crippen molar-refractivity contribution in [3.8, 4) is 0 Å². The fourth-order valence-electron chi connectivity index (χ4n) is 1.93. The summed E-state index contributed by atoms with van der Waals surface area (Å²) in [6.45, 7) is 0.751. The van der Waals surface area contributed by atoms with Crippen LogP contribution in [0.5, 0.6) is 0 Å². The van der Waals surface area contributed by atoms with Crippen LogP contribution in [-0.2, 0) is 15.5 Å². The van der Waals surface area contributed by atoms with Crippen molar-refractivity contribution in [1.82, 2.24) is 0 Å². The van der Waals surface area contributed by atoms with E-state index in [1.807, 2.05) is 6.07 Å². The largest absolute Gasteiger partial charge is 0.377 e. The summed E-state index contributed by atoms with van der Waals surface area (Å²) in [6, 6.07) is 7.17. The van der Waals surface area contributed by atoms with Crippen molar-refractivity contribution in [1.29, 1.82) is 0 Å². The maximum absolute atomic E-state index is 11.9. The van der Waals surface area contributed by atoms with E-state index >= 15 is 0 Å². The van der Waals surface area contributed by atoms with Crippen molar-refractivity contribution in [3.63, 3.8) is 0 Å². The number of rotatable bonds is 5. The van der Waals surface area contributed by atoms with Crippen LogP contribution in [0.3, 0.4) is 0 Å². The Morgan fingerprint density at radius 1 is 1.50 bits per heavy atom. The van der Waals surface area contributed by atoms with Gasteiger partial charge in [0.1, 0.15) is 0 Å². The molecule has 5 heteroatoms. The van der Waals surface area contributed by atoms with Crippen LogP contribution in [0.4, 0.5) is 0 Å². The molecule has 0 N–H and O–H groups in total. The number of carbonyl (C=O) groups excluding carboxylic acids is 1. The number of Topliss-reactive ketones (excluding diaryl/α,β-unsaturated/α-hetero) is 1. The molecule has 1 heterocycles. The predicted molar refractivity (Wildman–Crippen MR) is 75.3 cm³/mol. The topological polar surface area (TPSA) is 43.4 Å². The van der Waals surface area contributed by atoms with Gasteiger partial charge in [-0.15, -0.1) is 0 Å². The second-order valence-corrected chi connectivity index (χ2v) is 6.74. The molecule has 18 heavy (non-hydrogen) atoms. The molecule has 0 aliphatic carbocycles. The predicted octanol–water partition coefficient (Wildman–Crippen LogP) is 2.56. The smallest absolute Gasteiger partial charge is 0.175 e. The highest BCUT2D eigenvalue weighted by atomic mass is 79.9. The summed E-state index contributed by atoms with van der Waals surface area (Å²) in [7, 11) is -1.14. The Morgan fingerprint density at radius 2 is 2.33 bits per heavy atom. The van der Waals surface area contributed by atoms with Gasteiger partial charge >= 0.3 is 0 Å². The van der Waals surface area contributed by atoms with Crippen molar-refractivity contribution in [3.05, 3.63) is 34.3 Å². The molecule has 1 aliphatic heterocycles. The molecule has 1 fully saturated rings. The van der Waals surface area contributed by atoms with Crippen molar-refractivity contribution < 1.29 is 13.7 Å². The Balaban J connectivity index is 1.88. The zero-order valence-electron chi connectivity index (χ0n) is 9.93. The highest BCUT2D eigenvalue weighted by Crippen LogP contribution is 2.15. The van der Waals surface area contributed by atoms with Crippen LogP contribution in [0, 0.1) is 0 Å². The van der Waals surface area contributed by atoms with Gasteiger partial charge in [0, 0.05) is 27.4 Å². The SMILES string of the molecule is O=C(CS(=O)CC1CCCO1)c1cccc(Br)c1. The van der Waals surface area contributed by atoms with Gasteiger partial charge in [-0.3, -0.25) is 9.00 Å². The zero-order valence-corrected chi connectivity index (χ0v) is 12.3. The third-order valence-corrected chi connectivity index (χ3v) is 4.66. The minimum absolute atomic E-state index is 0.0705. The molecule has 1 aromatic carbocycles. The number of halogens is 1. The lowest BCUT2D eigenvalue weighted by Gasteiger charge is -2.08. The summed E-state index contributed by atoms with van der Waals surface area (Å²) in [4.78, 5) is 11.9. The average molecular weight is 331 g/mol. The number of hydrogen-bond donors (Lipinski definition) is 0. The number of hydrogen-bond acceptors (Lipinski definition) is 3. The lowest BCUT2D eigenvalue weighted by Crippen LogP contribution is -2.21. The first kappa shape index (κ1) is 13.9. The van der Waals surface area contributed by atoms with E-state index in [2.05, 4.69) is 15.9 Å². The monoisotopic (exact) mass is 330 g/mol. The van der Waals surface area contributed by atoms with Gasteiger partial charge in [-0.25, -0.2) is 0 Å². The molecule has 1 aliphatic rings. The first-order valence-electron chi connectivity index (χ1n) is 5.90. The Morgan fingerprint density at radius 3 is 3.00 bits per heavy atom. The molecular formula is C13H15BrO3S. The van der Waals surface area contributed by atoms with Crippen molar-refractivity contribution >= 4 is 32.5 Å². The van der Waals surface area contributed by atoms with Gasteiger partial charge in [0.25, 0.3) is 0 Å². The first-order chi connectivity index (χ1) is 8.65. The van der Waals surface area contributed by atoms with Crippen LogP contribution in [0.1, 0.15) is 23.2 Å². The summed E-state index contributed by atoms with van der Waals surface area (Å²) >= 11 is 3.32. The molecule has 2 rings (SSSR count). The summed E-state index contributed by atoms with van der Waals surface area (Å²) < 4.78 is 18.1. The van der Waals surface area contributed by atoms with Gasteiger partial charge in [-0.05, 0) is 25.0 Å². The van der Waals surface area contributed by atoms with Crippen LogP contribution >= 0.6 is 15.9 Å². The van der Waals surface area contributed by atoms with E-state index in [0.717, 1.165) is 23.9 Å². The standard InChI is InChI=1S/C13H15BrO3S/c14-11-4-1-3-10(7-11)13(15)9-18(16)8-12-5-2-6-17-12/h1,3-4,7,12H,2,5-6,8-9H2. The third kappa shape index (κ3) is 4.00. The van der Waals surface area contributed by atoms with E-state index in [0.29, 0.717) is 11.3 Å². The number of carbonyl (C=O) groups is 1. The fraction of sp³-hybridized carbons (Fsp3) is 0.462. The Kier molecular flexibility index (Phi) is 5.09. The molecular weight excluding hydrogens is 316 g/mol. The molecule has 0 spiro atoms. The van der Waals surface area contributed by atoms with Crippen molar-refractivity contribution in [2.75, 3.05) is 18.1 Å². The number of ketones is 1. The molecule has 0 aromatic heterocycles. The lowest BCUT2D eigenvalue weighted by atomic mass is 10.2. The van der Waals surface area contributed by atoms with Crippen molar-refractivity contribution in [2.24, 2.45) is 0 Å². The highest BCUT2D eigenvalue weighted by Gasteiger charge is 2.20. The minimum atomic E-state index is -1.14. The minimum Gasteiger partial charge on any atom is -0.377 e. The van der Waals surface area contributed by atoms with E-state index in [1.54, 1.807) is 18.2 Å². The molecule has 0 amide bonds. The normalized spacial score (nSPS) is 20.8. The second kappa shape index (κ2) is 6.59. The average Bonchev–Trinajstić information content (AvgIpc) is 2.81. The summed E-state index contributed by atoms with van der Waals surface area (Å²) in [6.07, 6.45) is 2.05. The summed E-state index contributed by atoms with van der Waals surface area (Å²) in [5.74, 6) is 0.475. The molecule has 0 radical (unpaired) electrons. The third-order valence-electron chi connectivity index (χ3n) is 2.83. The maximum atomic E-state index is 11.9. The van der Waals surface area contributed by atoms with Crippen LogP contribution < -0.4 is 0 Å². The Bertz CT molecular complexity index is 455. The molecule has 0 bridgehead atoms. The van der Waals surface area contributed by atoms with Gasteiger partial charge < -0.3 is 4.74 Å². The Labute approximate surface area is 117 Å². The van der Waals surface area contributed by atoms with E-state index in [9.17, 15) is 9.00 Å². The van der Waals surface area contributed by atoms with Crippen molar-refractivity contribution in [2.45, 2.75) is 18.9 Å². The van der Waals surface area contributed by atoms with Crippen LogP contribution in [0.15, 0.2) is 28.7 Å². The molecule has 3 nitrogen and oxygen atoms in total. The lowest BCUT2D eigenvalue weighted by molar-refractivity contribution is 0.102. The molecule has 1 saturated heterocycles. The maximum Gasteiger partial charge on any atom is 0.175 e. The number of benzene rings is 1. The second-order valence-electron chi connectivity index (χ2n) is 4.32. The molecule has 2 atom stereocenters. The zero-order chi connectivity index (χ0) is 13.0. The van der Waals surface area contributed by atoms with E-state index in [-0.39, 0.29) is 17.6 Å². The Hall–Kier alpha value is -0.520. The van der Waals surface area contributed by atoms with Crippen LogP contribution in [-0.4, -0.2) is 34.2 Å². The first-order valence-corrected chi connectivity index (χ1v) is 8.18. The van der Waals surface area contributed by atoms with Gasteiger partial charge in [-0.1, -0.05) is 28.1 Å². The van der Waals surface area contributed by atoms with E-state index in [4.69, 9.17) is 4.74 Å². The molecule has 1 aromatic rings. The van der Waals surface area contributed by atoms with Crippen LogP contribution in [0.2, 0.25) is 0 Å². The highest BCUT2D eigenvalue weighted by molar-refractivity contribution is 9.10. The van der Waals surface area contributed by atoms with Gasteiger partial charge in [0.15, 0.2) is 5.78 Å². The van der Waals surface area contributed by atoms with Gasteiger partial charge in [-0.2, -0.15) is 0 Å². The molecule has 0 saturated carbocycles. The molecule has 98 valence electrons. The summed E-state index contributed by atoms with van der Waals surface area (Å²) in [5, 5.41) is 0. The fourth-order valence-corrected chi connectivity index (χ4v) is 3.59. The van der Waals surface area contributed by atoms with E-state index in [1.165, 1.54) is 0 Å².